The van der Waals surface area contributed by atoms with E-state index in [2.05, 4.69) is 4.90 Å². The molecule has 0 bridgehead atoms. The van der Waals surface area contributed by atoms with E-state index in [-0.39, 0.29) is 0 Å². The first-order valence-corrected chi connectivity index (χ1v) is 5.40. The van der Waals surface area contributed by atoms with Crippen molar-refractivity contribution in [2.45, 2.75) is 12.8 Å². The van der Waals surface area contributed by atoms with Gasteiger partial charge >= 0.3 is 0 Å². The maximum absolute atomic E-state index is 10.5. The predicted molar refractivity (Wildman–Crippen MR) is 54.8 cm³/mol. The lowest BCUT2D eigenvalue weighted by Crippen LogP contribution is -2.48. The summed E-state index contributed by atoms with van der Waals surface area (Å²) in [5.41, 5.74) is 6.18. The molecule has 4 heteroatoms. The summed E-state index contributed by atoms with van der Waals surface area (Å²) in [7, 11) is 0. The van der Waals surface area contributed by atoms with E-state index < -0.39 is 0 Å². The van der Waals surface area contributed by atoms with Crippen LogP contribution in [0.1, 0.15) is 12.8 Å². The van der Waals surface area contributed by atoms with Gasteiger partial charge in [0.05, 0.1) is 0 Å². The summed E-state index contributed by atoms with van der Waals surface area (Å²) in [6.45, 7) is 5.74. The highest BCUT2D eigenvalue weighted by atomic mass is 16.1. The molecular formula is C10H19N3O. The third-order valence-corrected chi connectivity index (χ3v) is 3.51. The Morgan fingerprint density at radius 1 is 1.21 bits per heavy atom. The van der Waals surface area contributed by atoms with Gasteiger partial charge < -0.3 is 10.6 Å². The number of carbonyl (C=O) groups is 1. The lowest BCUT2D eigenvalue weighted by atomic mass is 10.1. The van der Waals surface area contributed by atoms with Crippen molar-refractivity contribution < 1.29 is 4.79 Å². The fraction of sp³-hybridized carbons (Fsp3) is 0.900. The molecule has 0 aromatic carbocycles. The summed E-state index contributed by atoms with van der Waals surface area (Å²) in [6, 6.07) is 0. The second-order valence-corrected chi connectivity index (χ2v) is 4.62. The summed E-state index contributed by atoms with van der Waals surface area (Å²) in [5, 5.41) is 0. The largest absolute Gasteiger partial charge is 0.343 e. The Labute approximate surface area is 85.0 Å². The first-order chi connectivity index (χ1) is 6.78. The van der Waals surface area contributed by atoms with E-state index in [0.717, 1.165) is 45.7 Å². The number of amides is 1. The van der Waals surface area contributed by atoms with E-state index in [4.69, 9.17) is 5.73 Å². The number of hydrogen-bond acceptors (Lipinski definition) is 3. The van der Waals surface area contributed by atoms with E-state index in [1.165, 1.54) is 12.8 Å². The van der Waals surface area contributed by atoms with Crippen LogP contribution in [-0.4, -0.2) is 55.5 Å². The van der Waals surface area contributed by atoms with Gasteiger partial charge in [-0.25, -0.2) is 0 Å². The molecule has 14 heavy (non-hydrogen) atoms. The third kappa shape index (κ3) is 2.07. The van der Waals surface area contributed by atoms with Gasteiger partial charge in [0, 0.05) is 32.7 Å². The van der Waals surface area contributed by atoms with Crippen molar-refractivity contribution in [3.8, 4) is 0 Å². The zero-order valence-electron chi connectivity index (χ0n) is 8.61. The molecule has 1 saturated carbocycles. The summed E-state index contributed by atoms with van der Waals surface area (Å²) in [4.78, 5) is 14.8. The van der Waals surface area contributed by atoms with Crippen LogP contribution in [0.3, 0.4) is 0 Å². The van der Waals surface area contributed by atoms with Gasteiger partial charge in [-0.2, -0.15) is 0 Å². The number of piperazine rings is 1. The Morgan fingerprint density at radius 2 is 1.86 bits per heavy atom. The van der Waals surface area contributed by atoms with Crippen LogP contribution in [0.2, 0.25) is 0 Å². The fourth-order valence-corrected chi connectivity index (χ4v) is 2.10. The van der Waals surface area contributed by atoms with Crippen LogP contribution < -0.4 is 5.73 Å². The molecular weight excluding hydrogens is 178 g/mol. The Hall–Kier alpha value is -0.610. The smallest absolute Gasteiger partial charge is 0.209 e. The monoisotopic (exact) mass is 197 g/mol. The van der Waals surface area contributed by atoms with E-state index in [0.29, 0.717) is 5.41 Å². The molecule has 1 aliphatic carbocycles. The van der Waals surface area contributed by atoms with Crippen molar-refractivity contribution in [1.29, 1.82) is 0 Å². The highest BCUT2D eigenvalue weighted by molar-refractivity contribution is 5.47. The van der Waals surface area contributed by atoms with Gasteiger partial charge in [0.1, 0.15) is 0 Å². The van der Waals surface area contributed by atoms with Crippen LogP contribution in [0, 0.1) is 5.41 Å². The SMILES string of the molecule is NCC1(CN2CCN(C=O)CC2)CC1. The van der Waals surface area contributed by atoms with Crippen molar-refractivity contribution in [2.75, 3.05) is 39.3 Å². The van der Waals surface area contributed by atoms with Crippen molar-refractivity contribution in [1.82, 2.24) is 9.80 Å². The average Bonchev–Trinajstić information content (AvgIpc) is 3.00. The molecule has 0 aromatic rings. The maximum atomic E-state index is 10.5. The number of rotatable bonds is 4. The number of hydrogen-bond donors (Lipinski definition) is 1. The molecule has 1 heterocycles. The number of carbonyl (C=O) groups excluding carboxylic acids is 1. The minimum absolute atomic E-state index is 0.434. The van der Waals surface area contributed by atoms with E-state index in [9.17, 15) is 4.79 Å². The molecule has 4 nitrogen and oxygen atoms in total. The van der Waals surface area contributed by atoms with Gasteiger partial charge in [0.25, 0.3) is 0 Å². The first-order valence-electron chi connectivity index (χ1n) is 5.40. The van der Waals surface area contributed by atoms with Gasteiger partial charge in [0.15, 0.2) is 0 Å². The van der Waals surface area contributed by atoms with Gasteiger partial charge in [-0.1, -0.05) is 0 Å². The minimum atomic E-state index is 0.434. The molecule has 0 spiro atoms. The highest BCUT2D eigenvalue weighted by Crippen LogP contribution is 2.45. The summed E-state index contributed by atoms with van der Waals surface area (Å²) in [6.07, 6.45) is 3.53. The second kappa shape index (κ2) is 3.87. The Kier molecular flexibility index (Phi) is 2.74. The molecule has 0 unspecified atom stereocenters. The van der Waals surface area contributed by atoms with Gasteiger partial charge in [-0.15, -0.1) is 0 Å². The zero-order chi connectivity index (χ0) is 10.0. The molecule has 2 aliphatic rings. The van der Waals surface area contributed by atoms with Crippen molar-refractivity contribution in [3.63, 3.8) is 0 Å². The number of nitrogens with two attached hydrogens (primary N) is 1. The van der Waals surface area contributed by atoms with Gasteiger partial charge in [-0.05, 0) is 24.8 Å². The lowest BCUT2D eigenvalue weighted by molar-refractivity contribution is -0.119. The Morgan fingerprint density at radius 3 is 2.29 bits per heavy atom. The molecule has 0 radical (unpaired) electrons. The number of nitrogens with zero attached hydrogens (tertiary/aromatic N) is 2. The van der Waals surface area contributed by atoms with Crippen molar-refractivity contribution in [3.05, 3.63) is 0 Å². The highest BCUT2D eigenvalue weighted by Gasteiger charge is 2.42. The van der Waals surface area contributed by atoms with Gasteiger partial charge in [0.2, 0.25) is 6.41 Å². The summed E-state index contributed by atoms with van der Waals surface area (Å²) < 4.78 is 0. The van der Waals surface area contributed by atoms with Crippen molar-refractivity contribution in [2.24, 2.45) is 11.1 Å². The maximum Gasteiger partial charge on any atom is 0.209 e. The van der Waals surface area contributed by atoms with Crippen molar-refractivity contribution >= 4 is 6.41 Å². The molecule has 1 saturated heterocycles. The second-order valence-electron chi connectivity index (χ2n) is 4.62. The van der Waals surface area contributed by atoms with Crippen LogP contribution in [0.4, 0.5) is 0 Å². The molecule has 0 aromatic heterocycles. The lowest BCUT2D eigenvalue weighted by Gasteiger charge is -2.34. The Bertz CT molecular complexity index is 207. The average molecular weight is 197 g/mol. The standard InChI is InChI=1S/C10H19N3O/c11-7-10(1-2-10)8-12-3-5-13(9-14)6-4-12/h9H,1-8,11H2. The van der Waals surface area contributed by atoms with E-state index in [1.807, 2.05) is 4.90 Å². The normalized spacial score (nSPS) is 26.2. The summed E-state index contributed by atoms with van der Waals surface area (Å²) in [5.74, 6) is 0. The zero-order valence-corrected chi connectivity index (χ0v) is 8.61. The molecule has 1 aliphatic heterocycles. The fourth-order valence-electron chi connectivity index (χ4n) is 2.10. The molecule has 2 fully saturated rings. The van der Waals surface area contributed by atoms with Crippen LogP contribution in [0.15, 0.2) is 0 Å². The first kappa shape index (κ1) is 9.93. The molecule has 1 amide bonds. The predicted octanol–water partition coefficient (Wildman–Crippen LogP) is -0.501. The van der Waals surface area contributed by atoms with Crippen LogP contribution in [0.5, 0.6) is 0 Å². The van der Waals surface area contributed by atoms with E-state index >= 15 is 0 Å². The van der Waals surface area contributed by atoms with Crippen LogP contribution in [0.25, 0.3) is 0 Å². The minimum Gasteiger partial charge on any atom is -0.343 e. The Balaban J connectivity index is 1.76. The van der Waals surface area contributed by atoms with Gasteiger partial charge in [-0.3, -0.25) is 9.69 Å². The topological polar surface area (TPSA) is 49.6 Å². The molecule has 0 atom stereocenters. The molecule has 2 rings (SSSR count). The van der Waals surface area contributed by atoms with Crippen LogP contribution in [-0.2, 0) is 4.79 Å². The van der Waals surface area contributed by atoms with E-state index in [1.54, 1.807) is 0 Å². The molecule has 80 valence electrons. The quantitative estimate of drug-likeness (QED) is 0.618. The summed E-state index contributed by atoms with van der Waals surface area (Å²) >= 11 is 0. The van der Waals surface area contributed by atoms with Crippen LogP contribution >= 0.6 is 0 Å². The molecule has 2 N–H and O–H groups in total. The third-order valence-electron chi connectivity index (χ3n) is 3.51.